The van der Waals surface area contributed by atoms with Crippen LogP contribution in [-0.4, -0.2) is 76.1 Å². The van der Waals surface area contributed by atoms with Crippen LogP contribution in [0.2, 0.25) is 0 Å². The Morgan fingerprint density at radius 2 is 1.96 bits per heavy atom. The molecule has 136 valence electrons. The van der Waals surface area contributed by atoms with E-state index < -0.39 is 28.5 Å². The molecule has 3 heterocycles. The van der Waals surface area contributed by atoms with E-state index in [0.29, 0.717) is 17.9 Å². The first-order valence-electron chi connectivity index (χ1n) is 7.70. The summed E-state index contributed by atoms with van der Waals surface area (Å²) < 4.78 is 34.9. The molecule has 3 fully saturated rings. The van der Waals surface area contributed by atoms with Crippen LogP contribution in [0.15, 0.2) is 0 Å². The Labute approximate surface area is 144 Å². The Bertz CT molecular complexity index is 623. The highest BCUT2D eigenvalue weighted by molar-refractivity contribution is 7.99. The molecule has 3 aliphatic rings. The fourth-order valence-corrected chi connectivity index (χ4v) is 4.87. The third-order valence-electron chi connectivity index (χ3n) is 4.62. The molecular weight excluding hydrogens is 360 g/mol. The molecule has 2 bridgehead atoms. The van der Waals surface area contributed by atoms with E-state index in [2.05, 4.69) is 4.28 Å². The SMILES string of the molecule is NN(C(=O)[C@@H]1CC[C@@H]2CN1C(=O)N2OS(=O)(=O)O)C1CCSCC1. The van der Waals surface area contributed by atoms with Gasteiger partial charge in [-0.1, -0.05) is 0 Å². The lowest BCUT2D eigenvalue weighted by molar-refractivity contribution is -0.139. The number of nitrogens with two attached hydrogens (primary N) is 1. The van der Waals surface area contributed by atoms with Crippen LogP contribution in [-0.2, 0) is 19.5 Å². The molecule has 3 saturated heterocycles. The quantitative estimate of drug-likeness (QED) is 0.291. The molecule has 12 heteroatoms. The Kier molecular flexibility index (Phi) is 4.93. The van der Waals surface area contributed by atoms with Crippen molar-refractivity contribution < 1.29 is 26.8 Å². The minimum atomic E-state index is -4.79. The molecule has 3 amide bonds. The summed E-state index contributed by atoms with van der Waals surface area (Å²) in [6.45, 7) is 0.166. The van der Waals surface area contributed by atoms with Gasteiger partial charge < -0.3 is 4.90 Å². The molecule has 2 atom stereocenters. The molecule has 24 heavy (non-hydrogen) atoms. The number of hydroxylamine groups is 2. The number of hydrazine groups is 1. The lowest BCUT2D eigenvalue weighted by Crippen LogP contribution is -2.57. The highest BCUT2D eigenvalue weighted by atomic mass is 32.3. The monoisotopic (exact) mass is 380 g/mol. The van der Waals surface area contributed by atoms with E-state index in [0.717, 1.165) is 24.3 Å². The van der Waals surface area contributed by atoms with Crippen molar-refractivity contribution >= 4 is 34.1 Å². The predicted octanol–water partition coefficient (Wildman–Crippen LogP) is -0.413. The topological polar surface area (TPSA) is 133 Å². The Hall–Kier alpha value is -1.08. The average molecular weight is 380 g/mol. The number of piperidine rings is 1. The minimum absolute atomic E-state index is 0.0423. The summed E-state index contributed by atoms with van der Waals surface area (Å²) >= 11 is 1.82. The van der Waals surface area contributed by atoms with Gasteiger partial charge in [0.1, 0.15) is 6.04 Å². The molecule has 3 rings (SSSR count). The van der Waals surface area contributed by atoms with Gasteiger partial charge in [0.2, 0.25) is 0 Å². The first kappa shape index (κ1) is 17.7. The number of carbonyl (C=O) groups is 2. The van der Waals surface area contributed by atoms with Crippen LogP contribution >= 0.6 is 11.8 Å². The first-order valence-corrected chi connectivity index (χ1v) is 10.2. The number of nitrogens with zero attached hydrogens (tertiary/aromatic N) is 3. The number of rotatable bonds is 4. The maximum atomic E-state index is 12.7. The number of fused-ring (bicyclic) bond motifs is 2. The van der Waals surface area contributed by atoms with E-state index in [1.807, 2.05) is 11.8 Å². The average Bonchev–Trinajstić information content (AvgIpc) is 2.78. The minimum Gasteiger partial charge on any atom is -0.309 e. The van der Waals surface area contributed by atoms with Crippen molar-refractivity contribution in [2.45, 2.75) is 43.8 Å². The zero-order valence-corrected chi connectivity index (χ0v) is 14.5. The third-order valence-corrected chi connectivity index (χ3v) is 6.02. The number of amides is 3. The fraction of sp³-hybridized carbons (Fsp3) is 0.833. The summed E-state index contributed by atoms with van der Waals surface area (Å²) in [7, 11) is -4.79. The molecular formula is C12H20N4O6S2. The predicted molar refractivity (Wildman–Crippen MR) is 84.8 cm³/mol. The summed E-state index contributed by atoms with van der Waals surface area (Å²) in [6, 6.07) is -2.04. The molecule has 0 saturated carbocycles. The zero-order valence-electron chi connectivity index (χ0n) is 12.9. The third kappa shape index (κ3) is 3.47. The van der Waals surface area contributed by atoms with Crippen LogP contribution in [0.4, 0.5) is 4.79 Å². The highest BCUT2D eigenvalue weighted by Crippen LogP contribution is 2.32. The van der Waals surface area contributed by atoms with Crippen molar-refractivity contribution in [1.29, 1.82) is 0 Å². The Morgan fingerprint density at radius 1 is 1.29 bits per heavy atom. The summed E-state index contributed by atoms with van der Waals surface area (Å²) in [4.78, 5) is 26.3. The number of carbonyl (C=O) groups excluding carboxylic acids is 2. The van der Waals surface area contributed by atoms with Gasteiger partial charge in [-0.05, 0) is 37.2 Å². The number of thioether (sulfide) groups is 1. The Balaban J connectivity index is 1.70. The largest absolute Gasteiger partial charge is 0.418 e. The second kappa shape index (κ2) is 6.67. The summed E-state index contributed by atoms with van der Waals surface area (Å²) in [5.74, 6) is 7.53. The molecule has 0 spiro atoms. The van der Waals surface area contributed by atoms with Gasteiger partial charge in [-0.15, -0.1) is 4.28 Å². The van der Waals surface area contributed by atoms with Crippen LogP contribution in [0.25, 0.3) is 0 Å². The second-order valence-electron chi connectivity index (χ2n) is 6.10. The number of urea groups is 1. The van der Waals surface area contributed by atoms with E-state index >= 15 is 0 Å². The van der Waals surface area contributed by atoms with Crippen molar-refractivity contribution in [3.8, 4) is 0 Å². The molecule has 0 aromatic heterocycles. The van der Waals surface area contributed by atoms with E-state index in [1.165, 1.54) is 9.91 Å². The van der Waals surface area contributed by atoms with E-state index in [4.69, 9.17) is 10.4 Å². The van der Waals surface area contributed by atoms with Crippen LogP contribution in [0.3, 0.4) is 0 Å². The molecule has 0 unspecified atom stereocenters. The summed E-state index contributed by atoms with van der Waals surface area (Å²) in [5, 5.41) is 1.85. The van der Waals surface area contributed by atoms with Crippen LogP contribution in [0.1, 0.15) is 25.7 Å². The van der Waals surface area contributed by atoms with E-state index in [1.54, 1.807) is 0 Å². The Morgan fingerprint density at radius 3 is 2.58 bits per heavy atom. The van der Waals surface area contributed by atoms with Gasteiger partial charge in [-0.25, -0.2) is 10.6 Å². The number of hydrogen-bond acceptors (Lipinski definition) is 7. The van der Waals surface area contributed by atoms with Crippen molar-refractivity contribution in [3.63, 3.8) is 0 Å². The smallest absolute Gasteiger partial charge is 0.309 e. The van der Waals surface area contributed by atoms with Crippen molar-refractivity contribution in [2.24, 2.45) is 5.84 Å². The van der Waals surface area contributed by atoms with Crippen molar-refractivity contribution in [1.82, 2.24) is 15.0 Å². The van der Waals surface area contributed by atoms with Crippen LogP contribution in [0, 0.1) is 0 Å². The van der Waals surface area contributed by atoms with Gasteiger partial charge in [0.25, 0.3) is 5.91 Å². The fourth-order valence-electron chi connectivity index (χ4n) is 3.40. The lowest BCUT2D eigenvalue weighted by atomic mass is 9.99. The first-order chi connectivity index (χ1) is 11.3. The normalized spacial score (nSPS) is 28.3. The van der Waals surface area contributed by atoms with Gasteiger partial charge in [0, 0.05) is 12.6 Å². The molecule has 0 aromatic carbocycles. The van der Waals surface area contributed by atoms with Gasteiger partial charge in [0.15, 0.2) is 0 Å². The maximum absolute atomic E-state index is 12.7. The van der Waals surface area contributed by atoms with E-state index in [-0.39, 0.29) is 18.5 Å². The van der Waals surface area contributed by atoms with Gasteiger partial charge in [-0.3, -0.25) is 14.4 Å². The van der Waals surface area contributed by atoms with Crippen LogP contribution in [0.5, 0.6) is 0 Å². The second-order valence-corrected chi connectivity index (χ2v) is 8.33. The van der Waals surface area contributed by atoms with Gasteiger partial charge in [0.05, 0.1) is 6.04 Å². The van der Waals surface area contributed by atoms with Crippen molar-refractivity contribution in [3.05, 3.63) is 0 Å². The van der Waals surface area contributed by atoms with Gasteiger partial charge in [-0.2, -0.15) is 25.2 Å². The summed E-state index contributed by atoms with van der Waals surface area (Å²) in [6.07, 6.45) is 2.39. The zero-order chi connectivity index (χ0) is 17.5. The molecule has 0 radical (unpaired) electrons. The summed E-state index contributed by atoms with van der Waals surface area (Å²) in [5.41, 5.74) is 0. The lowest BCUT2D eigenvalue weighted by Gasteiger charge is -2.36. The molecule has 3 N–H and O–H groups in total. The van der Waals surface area contributed by atoms with Gasteiger partial charge >= 0.3 is 16.4 Å². The molecule has 0 aromatic rings. The van der Waals surface area contributed by atoms with Crippen LogP contribution < -0.4 is 5.84 Å². The molecule has 3 aliphatic heterocycles. The highest BCUT2D eigenvalue weighted by Gasteiger charge is 2.50. The van der Waals surface area contributed by atoms with Crippen molar-refractivity contribution in [2.75, 3.05) is 18.1 Å². The maximum Gasteiger partial charge on any atom is 0.418 e. The standard InChI is InChI=1S/C12H20N4O6S2/c13-15(8-3-5-23-6-4-8)11(17)10-2-1-9-7-14(10)12(18)16(9)22-24(19,20)21/h8-10H,1-7,13H2,(H,19,20,21)/t9-,10+/m1/s1. The van der Waals surface area contributed by atoms with E-state index in [9.17, 15) is 18.0 Å². The molecule has 10 nitrogen and oxygen atoms in total. The number of hydrogen-bond donors (Lipinski definition) is 2. The molecule has 0 aliphatic carbocycles.